The van der Waals surface area contributed by atoms with Gasteiger partial charge >= 0.3 is 0 Å². The zero-order valence-electron chi connectivity index (χ0n) is 21.8. The summed E-state index contributed by atoms with van der Waals surface area (Å²) in [5.41, 5.74) is 5.42. The maximum Gasteiger partial charge on any atom is 0.243 e. The van der Waals surface area contributed by atoms with Gasteiger partial charge in [0.1, 0.15) is 6.04 Å². The van der Waals surface area contributed by atoms with Gasteiger partial charge in [0.25, 0.3) is 0 Å². The summed E-state index contributed by atoms with van der Waals surface area (Å²) in [4.78, 5) is 43.2. The second kappa shape index (κ2) is 13.4. The van der Waals surface area contributed by atoms with E-state index in [0.717, 1.165) is 24.1 Å². The molecule has 0 radical (unpaired) electrons. The molecule has 0 spiro atoms. The summed E-state index contributed by atoms with van der Waals surface area (Å²) in [7, 11) is 1.96. The zero-order valence-corrected chi connectivity index (χ0v) is 21.8. The summed E-state index contributed by atoms with van der Waals surface area (Å²) in [6.07, 6.45) is 3.11. The molecule has 2 aromatic carbocycles. The number of amides is 3. The lowest BCUT2D eigenvalue weighted by atomic mass is 9.96. The summed E-state index contributed by atoms with van der Waals surface area (Å²) in [6.45, 7) is 3.56. The fourth-order valence-corrected chi connectivity index (χ4v) is 5.30. The number of rotatable bonds is 12. The van der Waals surface area contributed by atoms with E-state index >= 15 is 0 Å². The molecular formula is C29H39N5O3. The molecule has 8 nitrogen and oxygen atoms in total. The van der Waals surface area contributed by atoms with Crippen LogP contribution in [0.3, 0.4) is 0 Å². The van der Waals surface area contributed by atoms with Gasteiger partial charge in [-0.3, -0.25) is 19.8 Å². The highest BCUT2D eigenvalue weighted by molar-refractivity contribution is 5.88. The number of likely N-dealkylation sites (tertiary alicyclic amines) is 1. The minimum atomic E-state index is -0.585. The Balaban J connectivity index is 1.50. The predicted octanol–water partition coefficient (Wildman–Crippen LogP) is 2.21. The van der Waals surface area contributed by atoms with Crippen molar-refractivity contribution in [2.75, 3.05) is 39.8 Å². The van der Waals surface area contributed by atoms with Crippen molar-refractivity contribution >= 4 is 17.7 Å². The van der Waals surface area contributed by atoms with Crippen LogP contribution in [0.2, 0.25) is 0 Å². The van der Waals surface area contributed by atoms with Gasteiger partial charge in [0.2, 0.25) is 17.7 Å². The molecule has 2 saturated heterocycles. The maximum atomic E-state index is 13.7. The monoisotopic (exact) mass is 505 g/mol. The molecule has 2 unspecified atom stereocenters. The normalized spacial score (nSPS) is 18.7. The predicted molar refractivity (Wildman–Crippen MR) is 143 cm³/mol. The Kier molecular flexibility index (Phi) is 9.68. The van der Waals surface area contributed by atoms with Crippen molar-refractivity contribution in [3.63, 3.8) is 0 Å². The van der Waals surface area contributed by atoms with E-state index in [-0.39, 0.29) is 23.6 Å². The molecule has 2 aromatic rings. The highest BCUT2D eigenvalue weighted by Gasteiger charge is 2.39. The van der Waals surface area contributed by atoms with E-state index in [1.807, 2.05) is 77.6 Å². The van der Waals surface area contributed by atoms with Crippen LogP contribution in [0.25, 0.3) is 0 Å². The molecule has 2 N–H and O–H groups in total. The van der Waals surface area contributed by atoms with Crippen molar-refractivity contribution in [2.45, 2.75) is 44.7 Å². The molecule has 3 amide bonds. The van der Waals surface area contributed by atoms with E-state index in [9.17, 15) is 14.4 Å². The number of carbonyl (C=O) groups is 3. The second-order valence-corrected chi connectivity index (χ2v) is 10.1. The molecular weight excluding hydrogens is 466 g/mol. The van der Waals surface area contributed by atoms with Crippen LogP contribution < -0.4 is 10.7 Å². The molecule has 8 heteroatoms. The van der Waals surface area contributed by atoms with Gasteiger partial charge in [0.05, 0.1) is 0 Å². The van der Waals surface area contributed by atoms with E-state index in [2.05, 4.69) is 10.7 Å². The van der Waals surface area contributed by atoms with Crippen molar-refractivity contribution in [2.24, 2.45) is 5.92 Å². The third kappa shape index (κ3) is 7.63. The summed E-state index contributed by atoms with van der Waals surface area (Å²) in [5, 5.41) is 5.08. The van der Waals surface area contributed by atoms with Crippen LogP contribution >= 0.6 is 0 Å². The number of hydrogen-bond acceptors (Lipinski definition) is 5. The van der Waals surface area contributed by atoms with Gasteiger partial charge in [-0.25, -0.2) is 5.01 Å². The Morgan fingerprint density at radius 1 is 1.08 bits per heavy atom. The summed E-state index contributed by atoms with van der Waals surface area (Å²) < 4.78 is 0. The van der Waals surface area contributed by atoms with Gasteiger partial charge in [0.15, 0.2) is 0 Å². The topological polar surface area (TPSA) is 85.0 Å². The fraction of sp³-hybridized carbons (Fsp3) is 0.483. The van der Waals surface area contributed by atoms with Crippen LogP contribution in [-0.4, -0.2) is 78.3 Å². The van der Waals surface area contributed by atoms with Crippen molar-refractivity contribution in [3.8, 4) is 0 Å². The first kappa shape index (κ1) is 26.8. The molecule has 37 heavy (non-hydrogen) atoms. The van der Waals surface area contributed by atoms with Crippen LogP contribution in [0.15, 0.2) is 60.7 Å². The number of nitrogens with one attached hydrogen (secondary N) is 2. The molecule has 2 heterocycles. The van der Waals surface area contributed by atoms with Crippen LogP contribution in [0.4, 0.5) is 0 Å². The standard InChI is InChI=1S/C29H39N5O3/c1-32-22-25(21-31-32)28(29(37)30-20-24-12-6-3-7-13-24)34(19-9-18-33-17-8-14-26(33)35)27(36)16-15-23-10-4-2-5-11-23/h2-7,10-13,25,28,31H,8-9,14-22H2,1H3,(H,30,37). The molecule has 0 aliphatic carbocycles. The Bertz CT molecular complexity index is 1030. The maximum absolute atomic E-state index is 13.7. The number of hydrazine groups is 1. The van der Waals surface area contributed by atoms with Gasteiger partial charge in [-0.1, -0.05) is 60.7 Å². The van der Waals surface area contributed by atoms with Crippen LogP contribution in [0, 0.1) is 5.92 Å². The first-order chi connectivity index (χ1) is 18.0. The molecule has 2 aliphatic rings. The highest BCUT2D eigenvalue weighted by atomic mass is 16.2. The lowest BCUT2D eigenvalue weighted by molar-refractivity contribution is -0.142. The van der Waals surface area contributed by atoms with E-state index < -0.39 is 6.04 Å². The number of aryl methyl sites for hydroxylation is 1. The van der Waals surface area contributed by atoms with Gasteiger partial charge in [0, 0.05) is 65.1 Å². The SMILES string of the molecule is CN1CC(C(C(=O)NCc2ccccc2)N(CCCN2CCCC2=O)C(=O)CCc2ccccc2)CN1. The third-order valence-electron chi connectivity index (χ3n) is 7.28. The lowest BCUT2D eigenvalue weighted by Crippen LogP contribution is -2.55. The van der Waals surface area contributed by atoms with Crippen molar-refractivity contribution in [1.29, 1.82) is 0 Å². The van der Waals surface area contributed by atoms with Crippen LogP contribution in [0.5, 0.6) is 0 Å². The van der Waals surface area contributed by atoms with Gasteiger partial charge in [-0.05, 0) is 30.4 Å². The minimum Gasteiger partial charge on any atom is -0.350 e. The largest absolute Gasteiger partial charge is 0.350 e. The molecule has 198 valence electrons. The lowest BCUT2D eigenvalue weighted by Gasteiger charge is -2.35. The number of hydrogen-bond donors (Lipinski definition) is 2. The Labute approximate surface area is 220 Å². The highest BCUT2D eigenvalue weighted by Crippen LogP contribution is 2.20. The fourth-order valence-electron chi connectivity index (χ4n) is 5.30. The third-order valence-corrected chi connectivity index (χ3v) is 7.28. The molecule has 2 aliphatic heterocycles. The number of carbonyl (C=O) groups excluding carboxylic acids is 3. The van der Waals surface area contributed by atoms with E-state index in [1.165, 1.54) is 0 Å². The average Bonchev–Trinajstić information content (AvgIpc) is 3.54. The average molecular weight is 506 g/mol. The Hall–Kier alpha value is -3.23. The van der Waals surface area contributed by atoms with Crippen molar-refractivity contribution in [1.82, 2.24) is 25.6 Å². The minimum absolute atomic E-state index is 0.0222. The summed E-state index contributed by atoms with van der Waals surface area (Å²) in [5.74, 6) is -0.00197. The summed E-state index contributed by atoms with van der Waals surface area (Å²) >= 11 is 0. The number of benzene rings is 2. The molecule has 2 atom stereocenters. The number of nitrogens with zero attached hydrogens (tertiary/aromatic N) is 3. The van der Waals surface area contributed by atoms with Crippen molar-refractivity contribution < 1.29 is 14.4 Å². The second-order valence-electron chi connectivity index (χ2n) is 10.1. The van der Waals surface area contributed by atoms with Crippen LogP contribution in [-0.2, 0) is 27.3 Å². The van der Waals surface area contributed by atoms with E-state index in [4.69, 9.17) is 0 Å². The molecule has 0 bridgehead atoms. The van der Waals surface area contributed by atoms with Gasteiger partial charge < -0.3 is 15.1 Å². The smallest absolute Gasteiger partial charge is 0.243 e. The van der Waals surface area contributed by atoms with Crippen molar-refractivity contribution in [3.05, 3.63) is 71.8 Å². The van der Waals surface area contributed by atoms with Crippen LogP contribution in [0.1, 0.15) is 36.8 Å². The molecule has 4 rings (SSSR count). The first-order valence-corrected chi connectivity index (χ1v) is 13.4. The Morgan fingerprint density at radius 2 is 1.78 bits per heavy atom. The van der Waals surface area contributed by atoms with E-state index in [1.54, 1.807) is 4.90 Å². The summed E-state index contributed by atoms with van der Waals surface area (Å²) in [6, 6.07) is 19.2. The zero-order chi connectivity index (χ0) is 26.0. The Morgan fingerprint density at radius 3 is 2.41 bits per heavy atom. The van der Waals surface area contributed by atoms with Gasteiger partial charge in [-0.2, -0.15) is 0 Å². The molecule has 0 aromatic heterocycles. The first-order valence-electron chi connectivity index (χ1n) is 13.4. The molecule has 2 fully saturated rings. The quantitative estimate of drug-likeness (QED) is 0.462. The van der Waals surface area contributed by atoms with Gasteiger partial charge in [-0.15, -0.1) is 0 Å². The van der Waals surface area contributed by atoms with E-state index in [0.29, 0.717) is 58.4 Å². The molecule has 0 saturated carbocycles.